The molecule has 0 bridgehead atoms. The molecule has 1 N–H and O–H groups in total. The van der Waals surface area contributed by atoms with Crippen LogP contribution in [0.25, 0.3) is 5.69 Å². The number of carbonyl (C=O) groups is 2. The minimum atomic E-state index is 0.0526. The zero-order chi connectivity index (χ0) is 20.6. The van der Waals surface area contributed by atoms with Crippen LogP contribution in [0.2, 0.25) is 0 Å². The fraction of sp³-hybridized carbons (Fsp3) is 0.524. The van der Waals surface area contributed by atoms with Crippen molar-refractivity contribution in [2.45, 2.75) is 57.1 Å². The molecule has 2 amide bonds. The van der Waals surface area contributed by atoms with Crippen LogP contribution in [0.5, 0.6) is 0 Å². The maximum atomic E-state index is 12.8. The van der Waals surface area contributed by atoms with E-state index >= 15 is 0 Å². The minimum Gasteiger partial charge on any atom is -0.352 e. The predicted molar refractivity (Wildman–Crippen MR) is 114 cm³/mol. The Morgan fingerprint density at radius 2 is 2.10 bits per heavy atom. The molecule has 156 valence electrons. The van der Waals surface area contributed by atoms with Gasteiger partial charge in [-0.15, -0.1) is 10.2 Å². The first-order chi connectivity index (χ1) is 14.1. The average Bonchev–Trinajstić information content (AvgIpc) is 3.20. The van der Waals surface area contributed by atoms with Crippen LogP contribution in [0.3, 0.4) is 0 Å². The Balaban J connectivity index is 1.59. The lowest BCUT2D eigenvalue weighted by molar-refractivity contribution is -0.131. The quantitative estimate of drug-likeness (QED) is 0.671. The molecule has 2 aromatic rings. The van der Waals surface area contributed by atoms with E-state index in [1.165, 1.54) is 17.3 Å². The van der Waals surface area contributed by atoms with Gasteiger partial charge in [0, 0.05) is 25.6 Å². The van der Waals surface area contributed by atoms with Crippen LogP contribution in [0, 0.1) is 0 Å². The van der Waals surface area contributed by atoms with Crippen molar-refractivity contribution in [3.63, 3.8) is 0 Å². The van der Waals surface area contributed by atoms with E-state index < -0.39 is 0 Å². The Kier molecular flexibility index (Phi) is 7.69. The van der Waals surface area contributed by atoms with Crippen molar-refractivity contribution in [1.82, 2.24) is 25.0 Å². The Bertz CT molecular complexity index is 838. The molecule has 1 atom stereocenters. The molecule has 2 heterocycles. The van der Waals surface area contributed by atoms with E-state index in [1.54, 1.807) is 6.33 Å². The molecule has 0 aliphatic carbocycles. The standard InChI is InChI=1S/C21H29N5O2S/c1-3-8-19(27)23-17-10-7-12-25(13-17)20(28)14-29-21-24-22-15-26(21)18-11-6-5-9-16(18)4-2/h5-6,9,11,15,17H,3-4,7-8,10,12-14H2,1-2H3,(H,23,27). The lowest BCUT2D eigenvalue weighted by atomic mass is 10.1. The molecule has 1 aliphatic heterocycles. The fourth-order valence-electron chi connectivity index (χ4n) is 3.60. The number of thioether (sulfide) groups is 1. The van der Waals surface area contributed by atoms with Crippen molar-refractivity contribution in [1.29, 1.82) is 0 Å². The maximum absolute atomic E-state index is 12.8. The lowest BCUT2D eigenvalue weighted by Crippen LogP contribution is -2.50. The highest BCUT2D eigenvalue weighted by atomic mass is 32.2. The van der Waals surface area contributed by atoms with Gasteiger partial charge in [0.15, 0.2) is 5.16 Å². The average molecular weight is 416 g/mol. The summed E-state index contributed by atoms with van der Waals surface area (Å²) in [6.45, 7) is 5.43. The van der Waals surface area contributed by atoms with Crippen molar-refractivity contribution in [3.8, 4) is 5.69 Å². The number of nitrogens with one attached hydrogen (secondary N) is 1. The van der Waals surface area contributed by atoms with Gasteiger partial charge in [-0.25, -0.2) is 0 Å². The molecule has 1 fully saturated rings. The molecule has 1 aromatic heterocycles. The highest BCUT2D eigenvalue weighted by molar-refractivity contribution is 7.99. The van der Waals surface area contributed by atoms with Gasteiger partial charge in [-0.2, -0.15) is 0 Å². The second kappa shape index (κ2) is 10.4. The van der Waals surface area contributed by atoms with Crippen LogP contribution in [0.15, 0.2) is 35.7 Å². The van der Waals surface area contributed by atoms with Gasteiger partial charge in [0.25, 0.3) is 0 Å². The molecule has 1 unspecified atom stereocenters. The molecule has 8 heteroatoms. The van der Waals surface area contributed by atoms with Crippen molar-refractivity contribution >= 4 is 23.6 Å². The third-order valence-corrected chi connectivity index (χ3v) is 6.02. The summed E-state index contributed by atoms with van der Waals surface area (Å²) in [5, 5.41) is 12.0. The Labute approximate surface area is 176 Å². The van der Waals surface area contributed by atoms with Crippen LogP contribution < -0.4 is 5.32 Å². The van der Waals surface area contributed by atoms with E-state index in [0.29, 0.717) is 23.9 Å². The van der Waals surface area contributed by atoms with E-state index in [-0.39, 0.29) is 17.9 Å². The number of aryl methyl sites for hydroxylation is 1. The number of hydrogen-bond acceptors (Lipinski definition) is 5. The molecule has 29 heavy (non-hydrogen) atoms. The van der Waals surface area contributed by atoms with E-state index in [1.807, 2.05) is 34.6 Å². The highest BCUT2D eigenvalue weighted by Gasteiger charge is 2.25. The number of nitrogens with zero attached hydrogens (tertiary/aromatic N) is 4. The van der Waals surface area contributed by atoms with Gasteiger partial charge in [-0.05, 0) is 37.3 Å². The number of rotatable bonds is 8. The molecule has 0 saturated carbocycles. The summed E-state index contributed by atoms with van der Waals surface area (Å²) in [7, 11) is 0. The first-order valence-corrected chi connectivity index (χ1v) is 11.3. The minimum absolute atomic E-state index is 0.0526. The summed E-state index contributed by atoms with van der Waals surface area (Å²) in [6, 6.07) is 8.21. The monoisotopic (exact) mass is 415 g/mol. The summed E-state index contributed by atoms with van der Waals surface area (Å²) in [5.41, 5.74) is 2.26. The van der Waals surface area contributed by atoms with Gasteiger partial charge < -0.3 is 10.2 Å². The second-order valence-electron chi connectivity index (χ2n) is 7.25. The number of amides is 2. The van der Waals surface area contributed by atoms with E-state index in [4.69, 9.17) is 0 Å². The van der Waals surface area contributed by atoms with E-state index in [0.717, 1.165) is 37.9 Å². The first kappa shape index (κ1) is 21.4. The number of aromatic nitrogens is 3. The van der Waals surface area contributed by atoms with Crippen molar-refractivity contribution in [2.75, 3.05) is 18.8 Å². The van der Waals surface area contributed by atoms with Crippen molar-refractivity contribution in [3.05, 3.63) is 36.2 Å². The summed E-state index contributed by atoms with van der Waals surface area (Å²) < 4.78 is 1.95. The number of likely N-dealkylation sites (tertiary alicyclic amines) is 1. The number of carbonyl (C=O) groups excluding carboxylic acids is 2. The zero-order valence-corrected chi connectivity index (χ0v) is 18.0. The van der Waals surface area contributed by atoms with E-state index in [2.05, 4.69) is 28.5 Å². The molecule has 0 spiro atoms. The van der Waals surface area contributed by atoms with Crippen LogP contribution in [-0.2, 0) is 16.0 Å². The third kappa shape index (κ3) is 5.59. The summed E-state index contributed by atoms with van der Waals surface area (Å²) in [6.07, 6.45) is 5.81. The lowest BCUT2D eigenvalue weighted by Gasteiger charge is -2.33. The van der Waals surface area contributed by atoms with Gasteiger partial charge in [-0.3, -0.25) is 14.2 Å². The van der Waals surface area contributed by atoms with Crippen molar-refractivity contribution in [2.24, 2.45) is 0 Å². The van der Waals surface area contributed by atoms with Gasteiger partial charge in [0.2, 0.25) is 11.8 Å². The smallest absolute Gasteiger partial charge is 0.233 e. The largest absolute Gasteiger partial charge is 0.352 e. The summed E-state index contributed by atoms with van der Waals surface area (Å²) >= 11 is 1.40. The van der Waals surface area contributed by atoms with Crippen LogP contribution in [0.4, 0.5) is 0 Å². The fourth-order valence-corrected chi connectivity index (χ4v) is 4.42. The Morgan fingerprint density at radius 1 is 1.28 bits per heavy atom. The van der Waals surface area contributed by atoms with Crippen molar-refractivity contribution < 1.29 is 9.59 Å². The summed E-state index contributed by atoms with van der Waals surface area (Å²) in [5.74, 6) is 0.453. The second-order valence-corrected chi connectivity index (χ2v) is 8.19. The Hall–Kier alpha value is -2.35. The van der Waals surface area contributed by atoms with Gasteiger partial charge in [-0.1, -0.05) is 43.8 Å². The molecule has 7 nitrogen and oxygen atoms in total. The predicted octanol–water partition coefficient (Wildman–Crippen LogP) is 2.83. The van der Waals surface area contributed by atoms with Gasteiger partial charge in [0.05, 0.1) is 11.4 Å². The molecule has 1 aliphatic rings. The molecule has 0 radical (unpaired) electrons. The number of piperidine rings is 1. The molecular weight excluding hydrogens is 386 g/mol. The summed E-state index contributed by atoms with van der Waals surface area (Å²) in [4.78, 5) is 26.5. The number of hydrogen-bond donors (Lipinski definition) is 1. The van der Waals surface area contributed by atoms with Gasteiger partial charge in [0.1, 0.15) is 6.33 Å². The van der Waals surface area contributed by atoms with Crippen LogP contribution in [0.1, 0.15) is 45.1 Å². The SMILES string of the molecule is CCCC(=O)NC1CCCN(C(=O)CSc2nncn2-c2ccccc2CC)C1. The first-order valence-electron chi connectivity index (χ1n) is 10.3. The Morgan fingerprint density at radius 3 is 2.90 bits per heavy atom. The molecule has 1 aromatic carbocycles. The number of benzene rings is 1. The van der Waals surface area contributed by atoms with Gasteiger partial charge >= 0.3 is 0 Å². The third-order valence-electron chi connectivity index (χ3n) is 5.09. The van der Waals surface area contributed by atoms with E-state index in [9.17, 15) is 9.59 Å². The molecule has 3 rings (SSSR count). The van der Waals surface area contributed by atoms with Crippen LogP contribution >= 0.6 is 11.8 Å². The normalized spacial score (nSPS) is 16.6. The topological polar surface area (TPSA) is 80.1 Å². The molecule has 1 saturated heterocycles. The maximum Gasteiger partial charge on any atom is 0.233 e. The highest BCUT2D eigenvalue weighted by Crippen LogP contribution is 2.23. The zero-order valence-electron chi connectivity index (χ0n) is 17.1. The number of para-hydroxylation sites is 1. The van der Waals surface area contributed by atoms with Crippen LogP contribution in [-0.4, -0.2) is 56.4 Å². The molecular formula is C21H29N5O2S.